The van der Waals surface area contributed by atoms with Gasteiger partial charge in [-0.1, -0.05) is 53.6 Å². The Kier molecular flexibility index (Phi) is 6.47. The van der Waals surface area contributed by atoms with Crippen molar-refractivity contribution in [3.8, 4) is 28.1 Å². The highest BCUT2D eigenvalue weighted by molar-refractivity contribution is 6.31. The van der Waals surface area contributed by atoms with Crippen molar-refractivity contribution in [3.05, 3.63) is 102 Å². The van der Waals surface area contributed by atoms with Crippen LogP contribution in [-0.4, -0.2) is 26.7 Å². The predicted molar refractivity (Wildman–Crippen MR) is 129 cm³/mol. The number of nitrogens with zero attached hydrogens (tertiary/aromatic N) is 4. The molecule has 32 heavy (non-hydrogen) atoms. The Hall–Kier alpha value is -3.70. The molecule has 160 valence electrons. The van der Waals surface area contributed by atoms with Crippen LogP contribution in [0, 0.1) is 13.8 Å². The van der Waals surface area contributed by atoms with Gasteiger partial charge in [-0.25, -0.2) is 14.5 Å². The van der Waals surface area contributed by atoms with Crippen molar-refractivity contribution in [2.75, 3.05) is 7.11 Å². The number of methoxy groups -OCH3 is 1. The molecule has 0 bridgehead atoms. The van der Waals surface area contributed by atoms with Crippen LogP contribution < -0.4 is 4.74 Å². The van der Waals surface area contributed by atoms with E-state index >= 15 is 0 Å². The minimum Gasteiger partial charge on any atom is -0.497 e. The van der Waals surface area contributed by atoms with Crippen molar-refractivity contribution in [2.45, 2.75) is 13.8 Å². The second-order valence-corrected chi connectivity index (χ2v) is 7.75. The minimum atomic E-state index is 0.684. The number of rotatable bonds is 3. The fourth-order valence-electron chi connectivity index (χ4n) is 3.54. The molecule has 0 amide bonds. The second-order valence-electron chi connectivity index (χ2n) is 7.32. The average Bonchev–Trinajstić information content (AvgIpc) is 3.16. The van der Waals surface area contributed by atoms with Gasteiger partial charge in [0.05, 0.1) is 24.0 Å². The third kappa shape index (κ3) is 4.63. The van der Waals surface area contributed by atoms with Crippen LogP contribution in [-0.2, 0) is 0 Å². The number of benzene rings is 2. The van der Waals surface area contributed by atoms with Crippen LogP contribution in [0.2, 0.25) is 5.02 Å². The van der Waals surface area contributed by atoms with Crippen LogP contribution >= 0.6 is 11.6 Å². The van der Waals surface area contributed by atoms with E-state index in [0.29, 0.717) is 5.02 Å². The van der Waals surface area contributed by atoms with Crippen LogP contribution in [0.15, 0.2) is 85.5 Å². The molecule has 0 saturated heterocycles. The molecule has 0 N–H and O–H groups in total. The van der Waals surface area contributed by atoms with Gasteiger partial charge in [0.1, 0.15) is 12.1 Å². The monoisotopic (exact) mass is 442 g/mol. The van der Waals surface area contributed by atoms with Gasteiger partial charge in [-0.2, -0.15) is 5.10 Å². The lowest BCUT2D eigenvalue weighted by molar-refractivity contribution is 0.415. The fourth-order valence-corrected chi connectivity index (χ4v) is 3.75. The summed E-state index contributed by atoms with van der Waals surface area (Å²) < 4.78 is 7.33. The summed E-state index contributed by atoms with van der Waals surface area (Å²) in [6.07, 6.45) is 4.88. The predicted octanol–water partition coefficient (Wildman–Crippen LogP) is 6.42. The molecule has 0 aliphatic heterocycles. The van der Waals surface area contributed by atoms with Gasteiger partial charge in [0.15, 0.2) is 0 Å². The Balaban J connectivity index is 0.000000354. The van der Waals surface area contributed by atoms with Gasteiger partial charge >= 0.3 is 0 Å². The number of aromatic nitrogens is 4. The van der Waals surface area contributed by atoms with E-state index in [2.05, 4.69) is 41.2 Å². The molecular weight excluding hydrogens is 420 g/mol. The molecule has 0 fully saturated rings. The van der Waals surface area contributed by atoms with Gasteiger partial charge in [-0.15, -0.1) is 0 Å². The first kappa shape index (κ1) is 21.5. The van der Waals surface area contributed by atoms with E-state index in [1.165, 1.54) is 11.9 Å². The fraction of sp³-hybridized carbons (Fsp3) is 0.115. The molecule has 0 aliphatic carbocycles. The first-order chi connectivity index (χ1) is 15.6. The van der Waals surface area contributed by atoms with Gasteiger partial charge in [-0.3, -0.25) is 0 Å². The molecule has 2 aromatic carbocycles. The summed E-state index contributed by atoms with van der Waals surface area (Å²) in [5.41, 5.74) is 7.40. The van der Waals surface area contributed by atoms with Crippen molar-refractivity contribution < 1.29 is 4.74 Å². The van der Waals surface area contributed by atoms with Gasteiger partial charge in [0, 0.05) is 28.5 Å². The van der Waals surface area contributed by atoms with Gasteiger partial charge in [0.25, 0.3) is 0 Å². The molecule has 0 unspecified atom stereocenters. The van der Waals surface area contributed by atoms with Crippen LogP contribution in [0.4, 0.5) is 0 Å². The maximum atomic E-state index is 6.47. The van der Waals surface area contributed by atoms with Gasteiger partial charge in [-0.05, 0) is 49.7 Å². The highest BCUT2D eigenvalue weighted by atomic mass is 35.5. The van der Waals surface area contributed by atoms with Crippen LogP contribution in [0.5, 0.6) is 5.75 Å². The number of ether oxygens (including phenoxy) is 1. The van der Waals surface area contributed by atoms with Crippen molar-refractivity contribution in [1.82, 2.24) is 19.6 Å². The average molecular weight is 443 g/mol. The number of halogens is 1. The first-order valence-corrected chi connectivity index (χ1v) is 10.5. The maximum Gasteiger partial charge on any atom is 0.119 e. The third-order valence-corrected chi connectivity index (χ3v) is 5.28. The molecule has 5 nitrogen and oxygen atoms in total. The number of pyridine rings is 1. The third-order valence-electron chi connectivity index (χ3n) is 5.06. The Morgan fingerprint density at radius 3 is 2.22 bits per heavy atom. The Labute approximate surface area is 192 Å². The molecule has 6 heteroatoms. The van der Waals surface area contributed by atoms with Crippen molar-refractivity contribution in [2.24, 2.45) is 0 Å². The molecule has 3 heterocycles. The summed E-state index contributed by atoms with van der Waals surface area (Å²) in [6.45, 7) is 4.12. The Bertz CT molecular complexity index is 1310. The summed E-state index contributed by atoms with van der Waals surface area (Å²) in [7, 11) is 1.67. The van der Waals surface area contributed by atoms with E-state index in [4.69, 9.17) is 21.4 Å². The molecule has 3 aromatic heterocycles. The van der Waals surface area contributed by atoms with Crippen LogP contribution in [0.25, 0.3) is 27.9 Å². The summed E-state index contributed by atoms with van der Waals surface area (Å²) in [6, 6.07) is 22.1. The van der Waals surface area contributed by atoms with E-state index in [0.717, 1.165) is 39.3 Å². The molecule has 0 radical (unpaired) electrons. The molecule has 5 aromatic rings. The van der Waals surface area contributed by atoms with E-state index in [1.54, 1.807) is 25.6 Å². The topological polar surface area (TPSA) is 52.3 Å². The number of hydrogen-bond acceptors (Lipinski definition) is 4. The Morgan fingerprint density at radius 1 is 0.844 bits per heavy atom. The van der Waals surface area contributed by atoms with Crippen molar-refractivity contribution in [1.29, 1.82) is 0 Å². The lowest BCUT2D eigenvalue weighted by atomic mass is 10.0. The summed E-state index contributed by atoms with van der Waals surface area (Å²) >= 11 is 6.47. The van der Waals surface area contributed by atoms with E-state index < -0.39 is 0 Å². The summed E-state index contributed by atoms with van der Waals surface area (Å²) in [4.78, 5) is 7.35. The van der Waals surface area contributed by atoms with Gasteiger partial charge < -0.3 is 4.74 Å². The van der Waals surface area contributed by atoms with Crippen LogP contribution in [0.3, 0.4) is 0 Å². The lowest BCUT2D eigenvalue weighted by Gasteiger charge is -2.09. The quantitative estimate of drug-likeness (QED) is 0.323. The zero-order valence-corrected chi connectivity index (χ0v) is 18.9. The molecule has 0 saturated carbocycles. The molecular formula is C26H23ClN4O. The highest BCUT2D eigenvalue weighted by Crippen LogP contribution is 2.34. The number of hydrogen-bond donors (Lipinski definition) is 0. The van der Waals surface area contributed by atoms with Crippen LogP contribution in [0.1, 0.15) is 11.3 Å². The van der Waals surface area contributed by atoms with E-state index in [9.17, 15) is 0 Å². The summed E-state index contributed by atoms with van der Waals surface area (Å²) in [5.74, 6) is 0.804. The first-order valence-electron chi connectivity index (χ1n) is 10.2. The second kappa shape index (κ2) is 9.62. The highest BCUT2D eigenvalue weighted by Gasteiger charge is 2.16. The van der Waals surface area contributed by atoms with Crippen molar-refractivity contribution in [3.63, 3.8) is 0 Å². The number of fused-ring (bicyclic) bond motifs is 1. The van der Waals surface area contributed by atoms with Crippen molar-refractivity contribution >= 4 is 17.1 Å². The SMILES string of the molecule is COc1cccc(-c2cc(Cl)cc3c(-c4ccc(C)cc4)c(C)nn23)c1.c1cncnc1. The molecule has 0 aliphatic rings. The normalized spacial score (nSPS) is 10.5. The van der Waals surface area contributed by atoms with E-state index in [1.807, 2.05) is 47.8 Å². The standard InChI is InChI=1S/C22H19ClN2O.C4H4N2/c1-14-7-9-16(10-8-14)22-15(2)24-25-20(12-18(23)13-21(22)25)17-5-4-6-19(11-17)26-3;1-2-5-4-6-3-1/h4-13H,1-3H3;1-4H. The maximum absolute atomic E-state index is 6.47. The molecule has 5 rings (SSSR count). The van der Waals surface area contributed by atoms with E-state index in [-0.39, 0.29) is 0 Å². The van der Waals surface area contributed by atoms with Gasteiger partial charge in [0.2, 0.25) is 0 Å². The largest absolute Gasteiger partial charge is 0.497 e. The Morgan fingerprint density at radius 2 is 1.59 bits per heavy atom. The zero-order chi connectivity index (χ0) is 22.5. The summed E-state index contributed by atoms with van der Waals surface area (Å²) in [5, 5.41) is 5.49. The number of aryl methyl sites for hydroxylation is 2. The minimum absolute atomic E-state index is 0.684. The smallest absolute Gasteiger partial charge is 0.119 e. The molecule has 0 atom stereocenters. The molecule has 0 spiro atoms. The lowest BCUT2D eigenvalue weighted by Crippen LogP contribution is -1.95. The zero-order valence-electron chi connectivity index (χ0n) is 18.2.